The number of aliphatic hydroxyl groups is 1. The fraction of sp³-hybridized carbons (Fsp3) is 0.450. The number of fused-ring (bicyclic) bond motifs is 1. The standard InChI is InChI=1S/C20H26FN3O3S/c1-3-22-19(24-12-20(2,25)16-5-7-28-11-16)23-6-4-14-8-17(21)9-15-10-26-13-27-18(14)15/h5,7-9,11,25H,3-4,6,10,12-13H2,1-2H3,(H2,22,23,24). The fourth-order valence-electron chi connectivity index (χ4n) is 2.99. The highest BCUT2D eigenvalue weighted by molar-refractivity contribution is 7.08. The molecule has 0 saturated heterocycles. The predicted octanol–water partition coefficient (Wildman–Crippen LogP) is 2.76. The molecular weight excluding hydrogens is 381 g/mol. The highest BCUT2D eigenvalue weighted by Gasteiger charge is 2.23. The van der Waals surface area contributed by atoms with Crippen LogP contribution in [0.3, 0.4) is 0 Å². The highest BCUT2D eigenvalue weighted by atomic mass is 32.1. The number of aliphatic imine (C=N–C) groups is 1. The maximum Gasteiger partial charge on any atom is 0.191 e. The van der Waals surface area contributed by atoms with Crippen LogP contribution in [0.25, 0.3) is 0 Å². The Balaban J connectivity index is 1.62. The van der Waals surface area contributed by atoms with Gasteiger partial charge in [0.15, 0.2) is 12.8 Å². The lowest BCUT2D eigenvalue weighted by Gasteiger charge is -2.22. The summed E-state index contributed by atoms with van der Waals surface area (Å²) in [5.74, 6) is 1.01. The van der Waals surface area contributed by atoms with Gasteiger partial charge in [0.1, 0.15) is 17.2 Å². The van der Waals surface area contributed by atoms with Crippen LogP contribution in [0.2, 0.25) is 0 Å². The average Bonchev–Trinajstić information content (AvgIpc) is 3.22. The molecule has 3 rings (SSSR count). The minimum Gasteiger partial charge on any atom is -0.467 e. The van der Waals surface area contributed by atoms with Gasteiger partial charge in [0.25, 0.3) is 0 Å². The molecule has 0 spiro atoms. The third-order valence-electron chi connectivity index (χ3n) is 4.47. The first-order valence-electron chi connectivity index (χ1n) is 9.28. The van der Waals surface area contributed by atoms with Crippen molar-refractivity contribution in [3.8, 4) is 5.75 Å². The van der Waals surface area contributed by atoms with E-state index in [2.05, 4.69) is 15.6 Å². The molecule has 1 aromatic carbocycles. The van der Waals surface area contributed by atoms with Crippen molar-refractivity contribution >= 4 is 17.3 Å². The smallest absolute Gasteiger partial charge is 0.191 e. The Morgan fingerprint density at radius 3 is 3.00 bits per heavy atom. The van der Waals surface area contributed by atoms with E-state index in [9.17, 15) is 9.50 Å². The summed E-state index contributed by atoms with van der Waals surface area (Å²) in [6.07, 6.45) is 0.575. The Kier molecular flexibility index (Phi) is 6.88. The average molecular weight is 408 g/mol. The summed E-state index contributed by atoms with van der Waals surface area (Å²) in [7, 11) is 0. The lowest BCUT2D eigenvalue weighted by Crippen LogP contribution is -2.39. The molecule has 152 valence electrons. The van der Waals surface area contributed by atoms with Crippen LogP contribution in [0.15, 0.2) is 34.0 Å². The number of hydrogen-bond acceptors (Lipinski definition) is 5. The third-order valence-corrected chi connectivity index (χ3v) is 5.15. The summed E-state index contributed by atoms with van der Waals surface area (Å²) in [5, 5.41) is 20.9. The highest BCUT2D eigenvalue weighted by Crippen LogP contribution is 2.29. The number of hydrogen-bond donors (Lipinski definition) is 3. The molecule has 1 aliphatic rings. The molecule has 0 bridgehead atoms. The quantitative estimate of drug-likeness (QED) is 0.486. The van der Waals surface area contributed by atoms with Crippen LogP contribution in [0.5, 0.6) is 5.75 Å². The molecule has 0 saturated carbocycles. The lowest BCUT2D eigenvalue weighted by atomic mass is 10.00. The molecule has 1 unspecified atom stereocenters. The maximum atomic E-state index is 13.9. The van der Waals surface area contributed by atoms with Gasteiger partial charge >= 0.3 is 0 Å². The number of guanidine groups is 1. The van der Waals surface area contributed by atoms with E-state index in [0.29, 0.717) is 37.8 Å². The van der Waals surface area contributed by atoms with E-state index in [0.717, 1.165) is 16.7 Å². The Bertz CT molecular complexity index is 809. The van der Waals surface area contributed by atoms with Gasteiger partial charge in [0, 0.05) is 18.7 Å². The van der Waals surface area contributed by atoms with Crippen LogP contribution in [-0.4, -0.2) is 37.5 Å². The summed E-state index contributed by atoms with van der Waals surface area (Å²) in [6, 6.07) is 4.85. The summed E-state index contributed by atoms with van der Waals surface area (Å²) in [4.78, 5) is 4.50. The zero-order chi connectivity index (χ0) is 20.0. The van der Waals surface area contributed by atoms with Gasteiger partial charge in [-0.1, -0.05) is 0 Å². The normalized spacial score (nSPS) is 16.1. The second kappa shape index (κ2) is 9.36. The summed E-state index contributed by atoms with van der Waals surface area (Å²) < 4.78 is 24.6. The SMILES string of the molecule is CCNC(=NCC(C)(O)c1ccsc1)NCCc1cc(F)cc2c1OCOC2. The van der Waals surface area contributed by atoms with Crippen molar-refractivity contribution in [2.24, 2.45) is 4.99 Å². The van der Waals surface area contributed by atoms with Crippen molar-refractivity contribution in [2.45, 2.75) is 32.5 Å². The van der Waals surface area contributed by atoms with Gasteiger partial charge in [-0.2, -0.15) is 11.3 Å². The molecule has 1 aromatic heterocycles. The molecule has 28 heavy (non-hydrogen) atoms. The van der Waals surface area contributed by atoms with Crippen molar-refractivity contribution in [1.29, 1.82) is 0 Å². The Morgan fingerprint density at radius 2 is 2.25 bits per heavy atom. The van der Waals surface area contributed by atoms with E-state index in [1.54, 1.807) is 18.3 Å². The minimum atomic E-state index is -1.03. The van der Waals surface area contributed by atoms with E-state index in [1.807, 2.05) is 23.8 Å². The molecule has 6 nitrogen and oxygen atoms in total. The van der Waals surface area contributed by atoms with Gasteiger partial charge in [-0.3, -0.25) is 0 Å². The molecule has 0 aliphatic carbocycles. The first kappa shape index (κ1) is 20.6. The number of benzene rings is 1. The minimum absolute atomic E-state index is 0.181. The second-order valence-electron chi connectivity index (χ2n) is 6.82. The zero-order valence-electron chi connectivity index (χ0n) is 16.1. The van der Waals surface area contributed by atoms with Crippen molar-refractivity contribution in [2.75, 3.05) is 26.4 Å². The number of rotatable bonds is 7. The molecule has 0 fully saturated rings. The Hall–Kier alpha value is -2.16. The first-order valence-corrected chi connectivity index (χ1v) is 10.2. The predicted molar refractivity (Wildman–Crippen MR) is 108 cm³/mol. The number of ether oxygens (including phenoxy) is 2. The Morgan fingerprint density at radius 1 is 1.39 bits per heavy atom. The van der Waals surface area contributed by atoms with Crippen molar-refractivity contribution in [3.63, 3.8) is 0 Å². The van der Waals surface area contributed by atoms with Gasteiger partial charge < -0.3 is 25.2 Å². The molecule has 1 aliphatic heterocycles. The van der Waals surface area contributed by atoms with Crippen LogP contribution in [-0.2, 0) is 23.4 Å². The Labute approximate surface area is 168 Å². The van der Waals surface area contributed by atoms with Crippen molar-refractivity contribution < 1.29 is 19.0 Å². The first-order chi connectivity index (χ1) is 13.5. The van der Waals surface area contributed by atoms with Crippen LogP contribution in [0.1, 0.15) is 30.5 Å². The van der Waals surface area contributed by atoms with E-state index in [4.69, 9.17) is 9.47 Å². The molecule has 3 N–H and O–H groups in total. The van der Waals surface area contributed by atoms with Crippen LogP contribution in [0.4, 0.5) is 4.39 Å². The summed E-state index contributed by atoms with van der Waals surface area (Å²) >= 11 is 1.54. The van der Waals surface area contributed by atoms with Gasteiger partial charge in [0.2, 0.25) is 0 Å². The van der Waals surface area contributed by atoms with E-state index >= 15 is 0 Å². The molecule has 0 radical (unpaired) electrons. The van der Waals surface area contributed by atoms with Crippen LogP contribution < -0.4 is 15.4 Å². The van der Waals surface area contributed by atoms with Crippen molar-refractivity contribution in [3.05, 3.63) is 51.5 Å². The number of halogens is 1. The van der Waals surface area contributed by atoms with E-state index in [-0.39, 0.29) is 19.2 Å². The molecule has 1 atom stereocenters. The lowest BCUT2D eigenvalue weighted by molar-refractivity contribution is -0.0172. The molecule has 0 amide bonds. The molecule has 8 heteroatoms. The monoisotopic (exact) mass is 407 g/mol. The molecule has 2 aromatic rings. The van der Waals surface area contributed by atoms with Crippen molar-refractivity contribution in [1.82, 2.24) is 10.6 Å². The number of thiophene rings is 1. The van der Waals surface area contributed by atoms with Gasteiger partial charge in [-0.15, -0.1) is 0 Å². The zero-order valence-corrected chi connectivity index (χ0v) is 16.9. The van der Waals surface area contributed by atoms with E-state index < -0.39 is 5.60 Å². The summed E-state index contributed by atoms with van der Waals surface area (Å²) in [5.41, 5.74) is 1.35. The van der Waals surface area contributed by atoms with Crippen LogP contribution >= 0.6 is 11.3 Å². The third kappa shape index (κ3) is 5.21. The number of nitrogens with one attached hydrogen (secondary N) is 2. The van der Waals surface area contributed by atoms with E-state index in [1.165, 1.54) is 12.1 Å². The number of nitrogens with zero attached hydrogens (tertiary/aromatic N) is 1. The second-order valence-corrected chi connectivity index (χ2v) is 7.60. The summed E-state index contributed by atoms with van der Waals surface area (Å²) in [6.45, 7) is 5.74. The maximum absolute atomic E-state index is 13.9. The largest absolute Gasteiger partial charge is 0.467 e. The van der Waals surface area contributed by atoms with Gasteiger partial charge in [-0.05, 0) is 60.4 Å². The van der Waals surface area contributed by atoms with Gasteiger partial charge in [0.05, 0.1) is 13.2 Å². The molecule has 2 heterocycles. The topological polar surface area (TPSA) is 75.1 Å². The van der Waals surface area contributed by atoms with Gasteiger partial charge in [-0.25, -0.2) is 9.38 Å². The fourth-order valence-corrected chi connectivity index (χ4v) is 3.78. The van der Waals surface area contributed by atoms with Crippen LogP contribution in [0, 0.1) is 5.82 Å². The molecular formula is C20H26FN3O3S.